The smallest absolute Gasteiger partial charge is 0.134 e. The van der Waals surface area contributed by atoms with E-state index < -0.39 is 0 Å². The lowest BCUT2D eigenvalue weighted by molar-refractivity contribution is 0.405. The highest BCUT2D eigenvalue weighted by molar-refractivity contribution is 7.17. The minimum Gasteiger partial charge on any atom is -0.507 e. The first-order valence-electron chi connectivity index (χ1n) is 4.54. The number of fused-ring (bicyclic) bond motifs is 1. The van der Waals surface area contributed by atoms with E-state index in [1.165, 1.54) is 0 Å². The maximum absolute atomic E-state index is 9.77. The molecule has 2 rings (SSSR count). The molecule has 2 aromatic rings. The Hall–Kier alpha value is -1.22. The second-order valence-electron chi connectivity index (χ2n) is 3.09. The molecular weight excluding hydrogens is 196 g/mol. The summed E-state index contributed by atoms with van der Waals surface area (Å²) >= 11 is 1.61. The zero-order chi connectivity index (χ0) is 10.1. The third-order valence-corrected chi connectivity index (χ3v) is 3.21. The molecule has 1 aromatic carbocycles. The van der Waals surface area contributed by atoms with Crippen LogP contribution in [-0.4, -0.2) is 12.2 Å². The standard InChI is InChI=1S/C11H12O2S/c1-3-7-9(12)6-10-8(4-5-14-10)11(7)13-2/h4-6,12H,3H2,1-2H3. The largest absolute Gasteiger partial charge is 0.507 e. The summed E-state index contributed by atoms with van der Waals surface area (Å²) in [6.45, 7) is 2.01. The highest BCUT2D eigenvalue weighted by Gasteiger charge is 2.12. The zero-order valence-corrected chi connectivity index (χ0v) is 9.02. The molecule has 0 spiro atoms. The third-order valence-electron chi connectivity index (χ3n) is 2.35. The fourth-order valence-electron chi connectivity index (χ4n) is 1.69. The van der Waals surface area contributed by atoms with E-state index in [9.17, 15) is 5.11 Å². The maximum atomic E-state index is 9.77. The Bertz CT molecular complexity index is 460. The predicted octanol–water partition coefficient (Wildman–Crippen LogP) is 3.18. The van der Waals surface area contributed by atoms with Crippen LogP contribution >= 0.6 is 11.3 Å². The van der Waals surface area contributed by atoms with Gasteiger partial charge in [-0.2, -0.15) is 0 Å². The van der Waals surface area contributed by atoms with Gasteiger partial charge in [0.25, 0.3) is 0 Å². The van der Waals surface area contributed by atoms with Crippen molar-refractivity contribution in [1.29, 1.82) is 0 Å². The summed E-state index contributed by atoms with van der Waals surface area (Å²) in [5, 5.41) is 12.9. The van der Waals surface area contributed by atoms with Crippen LogP contribution in [0, 0.1) is 0 Å². The van der Waals surface area contributed by atoms with Gasteiger partial charge in [-0.05, 0) is 23.9 Å². The third kappa shape index (κ3) is 1.24. The van der Waals surface area contributed by atoms with E-state index in [1.54, 1.807) is 24.5 Å². The molecular formula is C11H12O2S. The first-order chi connectivity index (χ1) is 6.77. The van der Waals surface area contributed by atoms with Gasteiger partial charge in [-0.25, -0.2) is 0 Å². The van der Waals surface area contributed by atoms with E-state index in [2.05, 4.69) is 0 Å². The molecule has 1 aromatic heterocycles. The molecule has 1 heterocycles. The van der Waals surface area contributed by atoms with Gasteiger partial charge in [0, 0.05) is 15.6 Å². The minimum atomic E-state index is 0.333. The number of thiophene rings is 1. The number of ether oxygens (including phenoxy) is 1. The summed E-state index contributed by atoms with van der Waals surface area (Å²) < 4.78 is 6.40. The van der Waals surface area contributed by atoms with Crippen LogP contribution in [0.3, 0.4) is 0 Å². The Kier molecular flexibility index (Phi) is 2.33. The number of methoxy groups -OCH3 is 1. The van der Waals surface area contributed by atoms with Gasteiger partial charge in [-0.3, -0.25) is 0 Å². The molecule has 0 aliphatic rings. The zero-order valence-electron chi connectivity index (χ0n) is 8.20. The molecule has 0 saturated carbocycles. The number of benzene rings is 1. The van der Waals surface area contributed by atoms with Crippen LogP contribution in [0.5, 0.6) is 11.5 Å². The van der Waals surface area contributed by atoms with Crippen molar-refractivity contribution in [3.63, 3.8) is 0 Å². The van der Waals surface area contributed by atoms with Crippen molar-refractivity contribution in [3.05, 3.63) is 23.1 Å². The fourth-order valence-corrected chi connectivity index (χ4v) is 2.50. The minimum absolute atomic E-state index is 0.333. The Balaban J connectivity index is 2.82. The van der Waals surface area contributed by atoms with Crippen molar-refractivity contribution in [2.75, 3.05) is 7.11 Å². The molecule has 0 saturated heterocycles. The first kappa shape index (κ1) is 9.34. The van der Waals surface area contributed by atoms with Crippen LogP contribution < -0.4 is 4.74 Å². The van der Waals surface area contributed by atoms with E-state index in [-0.39, 0.29) is 0 Å². The molecule has 0 radical (unpaired) electrons. The summed E-state index contributed by atoms with van der Waals surface area (Å²) in [6, 6.07) is 3.83. The van der Waals surface area contributed by atoms with Gasteiger partial charge in [0.1, 0.15) is 11.5 Å². The monoisotopic (exact) mass is 208 g/mol. The molecule has 0 atom stereocenters. The van der Waals surface area contributed by atoms with Crippen LogP contribution in [0.4, 0.5) is 0 Å². The highest BCUT2D eigenvalue weighted by Crippen LogP contribution is 2.38. The number of hydrogen-bond donors (Lipinski definition) is 1. The van der Waals surface area contributed by atoms with Gasteiger partial charge in [0.2, 0.25) is 0 Å². The van der Waals surface area contributed by atoms with Gasteiger partial charge < -0.3 is 9.84 Å². The molecule has 0 fully saturated rings. The lowest BCUT2D eigenvalue weighted by Crippen LogP contribution is -1.91. The number of hydrogen-bond acceptors (Lipinski definition) is 3. The quantitative estimate of drug-likeness (QED) is 0.821. The van der Waals surface area contributed by atoms with E-state index >= 15 is 0 Å². The van der Waals surface area contributed by atoms with Crippen LogP contribution in [-0.2, 0) is 6.42 Å². The Labute approximate surface area is 86.8 Å². The van der Waals surface area contributed by atoms with Crippen LogP contribution in [0.25, 0.3) is 10.1 Å². The van der Waals surface area contributed by atoms with Gasteiger partial charge in [0.05, 0.1) is 7.11 Å². The van der Waals surface area contributed by atoms with Crippen molar-refractivity contribution < 1.29 is 9.84 Å². The van der Waals surface area contributed by atoms with E-state index in [1.807, 2.05) is 18.4 Å². The molecule has 14 heavy (non-hydrogen) atoms. The number of rotatable bonds is 2. The molecule has 2 nitrogen and oxygen atoms in total. The molecule has 0 bridgehead atoms. The van der Waals surface area contributed by atoms with Crippen molar-refractivity contribution in [2.24, 2.45) is 0 Å². The van der Waals surface area contributed by atoms with Crippen molar-refractivity contribution in [1.82, 2.24) is 0 Å². The summed E-state index contributed by atoms with van der Waals surface area (Å²) in [7, 11) is 1.64. The molecule has 74 valence electrons. The summed E-state index contributed by atoms with van der Waals surface area (Å²) in [5.74, 6) is 1.14. The lowest BCUT2D eigenvalue weighted by Gasteiger charge is -2.09. The summed E-state index contributed by atoms with van der Waals surface area (Å²) in [5.41, 5.74) is 0.887. The van der Waals surface area contributed by atoms with Crippen LogP contribution in [0.15, 0.2) is 17.5 Å². The van der Waals surface area contributed by atoms with Gasteiger partial charge in [0.15, 0.2) is 0 Å². The van der Waals surface area contributed by atoms with E-state index in [4.69, 9.17) is 4.74 Å². The number of phenols is 1. The molecule has 0 unspecified atom stereocenters. The van der Waals surface area contributed by atoms with Gasteiger partial charge in [-0.15, -0.1) is 11.3 Å². The molecule has 0 amide bonds. The number of phenolic OH excluding ortho intramolecular Hbond substituents is 1. The van der Waals surface area contributed by atoms with E-state index in [0.29, 0.717) is 5.75 Å². The van der Waals surface area contributed by atoms with Crippen molar-refractivity contribution in [2.45, 2.75) is 13.3 Å². The molecule has 1 N–H and O–H groups in total. The fraction of sp³-hybridized carbons (Fsp3) is 0.273. The molecule has 3 heteroatoms. The average Bonchev–Trinajstić information content (AvgIpc) is 2.62. The maximum Gasteiger partial charge on any atom is 0.134 e. The van der Waals surface area contributed by atoms with Crippen LogP contribution in [0.1, 0.15) is 12.5 Å². The van der Waals surface area contributed by atoms with Crippen molar-refractivity contribution >= 4 is 21.4 Å². The van der Waals surface area contributed by atoms with Gasteiger partial charge in [-0.1, -0.05) is 6.92 Å². The second-order valence-corrected chi connectivity index (χ2v) is 4.04. The van der Waals surface area contributed by atoms with E-state index in [0.717, 1.165) is 27.8 Å². The SMILES string of the molecule is CCc1c(O)cc2sccc2c1OC. The molecule has 0 aliphatic heterocycles. The summed E-state index contributed by atoms with van der Waals surface area (Å²) in [6.07, 6.45) is 0.779. The topological polar surface area (TPSA) is 29.5 Å². The summed E-state index contributed by atoms with van der Waals surface area (Å²) in [4.78, 5) is 0. The molecule has 0 aliphatic carbocycles. The average molecular weight is 208 g/mol. The first-order valence-corrected chi connectivity index (χ1v) is 5.42. The van der Waals surface area contributed by atoms with Crippen molar-refractivity contribution in [3.8, 4) is 11.5 Å². The Morgan fingerprint density at radius 1 is 1.50 bits per heavy atom. The Morgan fingerprint density at radius 3 is 2.93 bits per heavy atom. The normalized spacial score (nSPS) is 10.7. The second kappa shape index (κ2) is 3.50. The highest BCUT2D eigenvalue weighted by atomic mass is 32.1. The Morgan fingerprint density at radius 2 is 2.29 bits per heavy atom. The van der Waals surface area contributed by atoms with Gasteiger partial charge >= 0.3 is 0 Å². The lowest BCUT2D eigenvalue weighted by atomic mass is 10.1. The number of aromatic hydroxyl groups is 1. The predicted molar refractivity (Wildman–Crippen MR) is 59.4 cm³/mol. The van der Waals surface area contributed by atoms with Crippen LogP contribution in [0.2, 0.25) is 0 Å².